The SMILES string of the molecule is Cc1ccc2c(C)cccc2c1.Cc1ccc2cc(C)ccc2c1.Cc1ccc2ccc(C)cc2c1.Cc1ccc2cccc(C)c2c1. The van der Waals surface area contributed by atoms with E-state index in [0.29, 0.717) is 0 Å². The summed E-state index contributed by atoms with van der Waals surface area (Å²) in [6.07, 6.45) is 0. The molecule has 0 aromatic heterocycles. The molecule has 8 aromatic carbocycles. The predicted octanol–water partition coefficient (Wildman–Crippen LogP) is 13.8. The van der Waals surface area contributed by atoms with Crippen molar-refractivity contribution in [3.63, 3.8) is 0 Å². The van der Waals surface area contributed by atoms with Gasteiger partial charge >= 0.3 is 0 Å². The van der Waals surface area contributed by atoms with Crippen molar-refractivity contribution in [3.8, 4) is 0 Å². The summed E-state index contributed by atoms with van der Waals surface area (Å²) in [6, 6.07) is 52.2. The molecule has 0 unspecified atom stereocenters. The van der Waals surface area contributed by atoms with Crippen LogP contribution in [0.1, 0.15) is 44.5 Å². The molecule has 0 nitrogen and oxygen atoms in total. The fourth-order valence-electron chi connectivity index (χ4n) is 6.08. The molecule has 0 radical (unpaired) electrons. The van der Waals surface area contributed by atoms with E-state index >= 15 is 0 Å². The molecule has 0 aliphatic carbocycles. The lowest BCUT2D eigenvalue weighted by Gasteiger charge is -2.01. The number of aryl methyl sites for hydroxylation is 8. The molecule has 0 heterocycles. The lowest BCUT2D eigenvalue weighted by Crippen LogP contribution is -1.78. The largest absolute Gasteiger partial charge is 0.0614 e. The number of rotatable bonds is 0. The maximum absolute atomic E-state index is 2.24. The minimum absolute atomic E-state index is 1.33. The molecule has 0 aliphatic rings. The van der Waals surface area contributed by atoms with Crippen molar-refractivity contribution in [2.75, 3.05) is 0 Å². The highest BCUT2D eigenvalue weighted by Gasteiger charge is 1.97. The molecule has 0 N–H and O–H groups in total. The van der Waals surface area contributed by atoms with Crippen LogP contribution in [0.3, 0.4) is 0 Å². The van der Waals surface area contributed by atoms with Gasteiger partial charge in [-0.15, -0.1) is 0 Å². The third-order valence-electron chi connectivity index (χ3n) is 8.81. The van der Waals surface area contributed by atoms with Gasteiger partial charge in [0.15, 0.2) is 0 Å². The van der Waals surface area contributed by atoms with E-state index in [-0.39, 0.29) is 0 Å². The first kappa shape index (κ1) is 34.1. The van der Waals surface area contributed by atoms with Crippen molar-refractivity contribution in [3.05, 3.63) is 190 Å². The van der Waals surface area contributed by atoms with Gasteiger partial charge in [-0.1, -0.05) is 179 Å². The third-order valence-corrected chi connectivity index (χ3v) is 8.81. The molecule has 240 valence electrons. The topological polar surface area (TPSA) is 0 Å². The fraction of sp³-hybridized carbons (Fsp3) is 0.167. The van der Waals surface area contributed by atoms with E-state index in [1.54, 1.807) is 0 Å². The third kappa shape index (κ3) is 8.99. The zero-order valence-electron chi connectivity index (χ0n) is 29.9. The molecule has 0 amide bonds. The van der Waals surface area contributed by atoms with E-state index in [4.69, 9.17) is 0 Å². The standard InChI is InChI=1S/4C12H12/c1-9-3-5-12-8-10(2)4-6-11(12)7-9;1-9-3-5-11-6-4-10(2)8-12(11)7-9;1-9-6-7-12-10(2)4-3-5-11(12)8-9;1-9-6-7-11-5-3-4-10(2)12(11)8-9/h4*3-8H,1-2H3. The van der Waals surface area contributed by atoms with Crippen LogP contribution >= 0.6 is 0 Å². The average Bonchev–Trinajstić information content (AvgIpc) is 3.06. The maximum Gasteiger partial charge on any atom is -0.0152 e. The number of hydrogen-bond acceptors (Lipinski definition) is 0. The van der Waals surface area contributed by atoms with Gasteiger partial charge in [0.25, 0.3) is 0 Å². The quantitative estimate of drug-likeness (QED) is 0.157. The number of hydrogen-bond donors (Lipinski definition) is 0. The molecular formula is C48H48. The molecule has 48 heavy (non-hydrogen) atoms. The highest BCUT2D eigenvalue weighted by molar-refractivity contribution is 5.87. The van der Waals surface area contributed by atoms with Gasteiger partial charge in [-0.05, 0) is 110 Å². The second-order valence-corrected chi connectivity index (χ2v) is 13.3. The predicted molar refractivity (Wildman–Crippen MR) is 214 cm³/mol. The monoisotopic (exact) mass is 624 g/mol. The first-order chi connectivity index (χ1) is 23.0. The second kappa shape index (κ2) is 15.6. The Hall–Kier alpha value is -5.20. The summed E-state index contributed by atoms with van der Waals surface area (Å²) >= 11 is 0. The van der Waals surface area contributed by atoms with E-state index in [2.05, 4.69) is 201 Å². The van der Waals surface area contributed by atoms with Crippen LogP contribution in [0.25, 0.3) is 43.1 Å². The van der Waals surface area contributed by atoms with Crippen LogP contribution in [0.5, 0.6) is 0 Å². The molecule has 0 atom stereocenters. The van der Waals surface area contributed by atoms with Gasteiger partial charge in [-0.3, -0.25) is 0 Å². The van der Waals surface area contributed by atoms with Crippen LogP contribution < -0.4 is 0 Å². The molecule has 0 heteroatoms. The highest BCUT2D eigenvalue weighted by Crippen LogP contribution is 2.21. The number of benzene rings is 8. The zero-order valence-corrected chi connectivity index (χ0v) is 29.9. The summed E-state index contributed by atoms with van der Waals surface area (Å²) in [5.74, 6) is 0. The summed E-state index contributed by atoms with van der Waals surface area (Å²) in [7, 11) is 0. The molecule has 0 bridgehead atoms. The molecule has 0 fully saturated rings. The Labute approximate surface area is 287 Å². The normalized spacial score (nSPS) is 10.5. The molecular weight excluding hydrogens is 577 g/mol. The highest BCUT2D eigenvalue weighted by atomic mass is 14.0. The Morgan fingerprint density at radius 2 is 0.583 bits per heavy atom. The van der Waals surface area contributed by atoms with Gasteiger partial charge in [-0.2, -0.15) is 0 Å². The Bertz CT molecular complexity index is 2220. The van der Waals surface area contributed by atoms with Crippen LogP contribution in [-0.4, -0.2) is 0 Å². The number of fused-ring (bicyclic) bond motifs is 4. The van der Waals surface area contributed by atoms with Crippen LogP contribution in [0, 0.1) is 55.4 Å². The van der Waals surface area contributed by atoms with E-state index in [1.165, 1.54) is 87.6 Å². The summed E-state index contributed by atoms with van der Waals surface area (Å²) in [6.45, 7) is 17.1. The smallest absolute Gasteiger partial charge is 0.0152 e. The van der Waals surface area contributed by atoms with Gasteiger partial charge in [-0.25, -0.2) is 0 Å². The van der Waals surface area contributed by atoms with Gasteiger partial charge in [0.05, 0.1) is 0 Å². The van der Waals surface area contributed by atoms with E-state index in [9.17, 15) is 0 Å². The minimum atomic E-state index is 1.33. The fourth-order valence-corrected chi connectivity index (χ4v) is 6.08. The minimum Gasteiger partial charge on any atom is -0.0614 e. The van der Waals surface area contributed by atoms with Gasteiger partial charge in [0, 0.05) is 0 Å². The molecule has 8 rings (SSSR count). The van der Waals surface area contributed by atoms with Crippen LogP contribution in [0.2, 0.25) is 0 Å². The first-order valence-electron chi connectivity index (χ1n) is 16.9. The van der Waals surface area contributed by atoms with E-state index in [0.717, 1.165) is 0 Å². The average molecular weight is 625 g/mol. The van der Waals surface area contributed by atoms with Gasteiger partial charge in [0.1, 0.15) is 0 Å². The van der Waals surface area contributed by atoms with Gasteiger partial charge in [0.2, 0.25) is 0 Å². The Kier molecular flexibility index (Phi) is 11.1. The van der Waals surface area contributed by atoms with Crippen molar-refractivity contribution in [2.45, 2.75) is 55.4 Å². The molecule has 0 spiro atoms. The van der Waals surface area contributed by atoms with E-state index in [1.807, 2.05) is 0 Å². The zero-order chi connectivity index (χ0) is 34.2. The molecule has 0 saturated heterocycles. The van der Waals surface area contributed by atoms with Crippen molar-refractivity contribution in [1.82, 2.24) is 0 Å². The van der Waals surface area contributed by atoms with Crippen LogP contribution in [0.4, 0.5) is 0 Å². The summed E-state index contributed by atoms with van der Waals surface area (Å²) in [5, 5.41) is 10.7. The Morgan fingerprint density at radius 1 is 0.229 bits per heavy atom. The summed E-state index contributed by atoms with van der Waals surface area (Å²) in [4.78, 5) is 0. The van der Waals surface area contributed by atoms with Crippen LogP contribution in [0.15, 0.2) is 146 Å². The molecule has 0 saturated carbocycles. The first-order valence-corrected chi connectivity index (χ1v) is 16.9. The lowest BCUT2D eigenvalue weighted by molar-refractivity contribution is 1.47. The molecule has 8 aromatic rings. The van der Waals surface area contributed by atoms with E-state index < -0.39 is 0 Å². The Balaban J connectivity index is 0.000000125. The van der Waals surface area contributed by atoms with Crippen molar-refractivity contribution in [1.29, 1.82) is 0 Å². The van der Waals surface area contributed by atoms with Crippen molar-refractivity contribution < 1.29 is 0 Å². The lowest BCUT2D eigenvalue weighted by atomic mass is 10.0. The molecule has 0 aliphatic heterocycles. The van der Waals surface area contributed by atoms with Gasteiger partial charge < -0.3 is 0 Å². The van der Waals surface area contributed by atoms with Crippen molar-refractivity contribution >= 4 is 43.1 Å². The summed E-state index contributed by atoms with van der Waals surface area (Å²) < 4.78 is 0. The Morgan fingerprint density at radius 3 is 1.10 bits per heavy atom. The summed E-state index contributed by atoms with van der Waals surface area (Å²) in [5.41, 5.74) is 10.7. The second-order valence-electron chi connectivity index (χ2n) is 13.3. The van der Waals surface area contributed by atoms with Crippen LogP contribution in [-0.2, 0) is 0 Å². The maximum atomic E-state index is 2.24. The van der Waals surface area contributed by atoms with Crippen molar-refractivity contribution in [2.24, 2.45) is 0 Å².